The molecule has 128 valence electrons. The Labute approximate surface area is 146 Å². The molecular formula is C18H21NO4S. The molecule has 0 radical (unpaired) electrons. The van der Waals surface area contributed by atoms with E-state index in [9.17, 15) is 9.90 Å². The lowest BCUT2D eigenvalue weighted by molar-refractivity contribution is -0.140. The van der Waals surface area contributed by atoms with Gasteiger partial charge in [0, 0.05) is 12.8 Å². The summed E-state index contributed by atoms with van der Waals surface area (Å²) in [7, 11) is 0. The van der Waals surface area contributed by atoms with E-state index in [4.69, 9.17) is 9.57 Å². The molecule has 1 aliphatic heterocycles. The number of benzene rings is 1. The first-order valence-electron chi connectivity index (χ1n) is 7.62. The number of hydrogen-bond donors (Lipinski definition) is 1. The lowest BCUT2D eigenvalue weighted by Crippen LogP contribution is -2.35. The number of carbonyl (C=O) groups is 1. The van der Waals surface area contributed by atoms with Crippen LogP contribution in [-0.2, 0) is 9.63 Å². The number of rotatable bonds is 7. The molecule has 2 unspecified atom stereocenters. The predicted molar refractivity (Wildman–Crippen MR) is 95.6 cm³/mol. The van der Waals surface area contributed by atoms with Crippen LogP contribution >= 0.6 is 11.8 Å². The van der Waals surface area contributed by atoms with Crippen LogP contribution in [0.1, 0.15) is 32.3 Å². The van der Waals surface area contributed by atoms with Crippen molar-refractivity contribution in [2.24, 2.45) is 5.16 Å². The van der Waals surface area contributed by atoms with Gasteiger partial charge in [-0.3, -0.25) is 4.79 Å². The molecule has 0 aliphatic carbocycles. The topological polar surface area (TPSA) is 68.1 Å². The molecule has 6 heteroatoms. The van der Waals surface area contributed by atoms with Crippen molar-refractivity contribution in [1.82, 2.24) is 0 Å². The van der Waals surface area contributed by atoms with Crippen LogP contribution in [0.3, 0.4) is 0 Å². The Hall–Kier alpha value is -2.13. The molecule has 0 amide bonds. The number of ether oxygens (including phenoxy) is 1. The summed E-state index contributed by atoms with van der Waals surface area (Å²) in [6.45, 7) is 3.85. The molecule has 1 aromatic carbocycles. The van der Waals surface area contributed by atoms with Crippen LogP contribution < -0.4 is 4.74 Å². The first kappa shape index (κ1) is 18.2. The molecule has 0 aromatic heterocycles. The molecule has 1 aromatic rings. The maximum absolute atomic E-state index is 11.4. The zero-order chi connectivity index (χ0) is 17.6. The number of aliphatic carboxylic acids is 1. The van der Waals surface area contributed by atoms with Gasteiger partial charge in [-0.2, -0.15) is 0 Å². The van der Waals surface area contributed by atoms with Gasteiger partial charge in [0.25, 0.3) is 0 Å². The van der Waals surface area contributed by atoms with E-state index >= 15 is 0 Å². The van der Waals surface area contributed by atoms with Gasteiger partial charge in [-0.05, 0) is 49.9 Å². The maximum atomic E-state index is 11.4. The van der Waals surface area contributed by atoms with Crippen molar-refractivity contribution >= 4 is 23.4 Å². The van der Waals surface area contributed by atoms with Crippen molar-refractivity contribution in [3.8, 4) is 17.6 Å². The molecule has 1 N–H and O–H groups in total. The van der Waals surface area contributed by atoms with Crippen molar-refractivity contribution < 1.29 is 19.5 Å². The number of thioether (sulfide) groups is 1. The minimum atomic E-state index is -0.867. The van der Waals surface area contributed by atoms with E-state index in [0.29, 0.717) is 19.4 Å². The molecule has 2 rings (SSSR count). The minimum Gasteiger partial charge on any atom is -0.481 e. The standard InChI is InChI=1S/C18H21NO4S/c1-4-5-10-22-14-8-6-13(7-9-14)16-11-15(23-19-16)12-18(2,24-3)17(20)21/h6-9,15H,10-12H2,1-3H3,(H,20,21). The molecule has 0 bridgehead atoms. The molecule has 5 nitrogen and oxygen atoms in total. The van der Waals surface area contributed by atoms with Crippen LogP contribution in [0.15, 0.2) is 29.4 Å². The van der Waals surface area contributed by atoms with Crippen molar-refractivity contribution in [2.75, 3.05) is 12.9 Å². The fourth-order valence-corrected chi connectivity index (χ4v) is 2.86. The average Bonchev–Trinajstić information content (AvgIpc) is 3.03. The van der Waals surface area contributed by atoms with Gasteiger partial charge < -0.3 is 14.7 Å². The summed E-state index contributed by atoms with van der Waals surface area (Å²) < 4.78 is 4.61. The highest BCUT2D eigenvalue weighted by Crippen LogP contribution is 2.32. The number of oxime groups is 1. The summed E-state index contributed by atoms with van der Waals surface area (Å²) in [5.41, 5.74) is 1.78. The molecule has 0 saturated carbocycles. The molecule has 0 saturated heterocycles. The zero-order valence-corrected chi connectivity index (χ0v) is 14.9. The van der Waals surface area contributed by atoms with Crippen LogP contribution in [0.4, 0.5) is 0 Å². The first-order chi connectivity index (χ1) is 11.5. The van der Waals surface area contributed by atoms with Gasteiger partial charge in [-0.1, -0.05) is 11.1 Å². The number of carboxylic acids is 1. The smallest absolute Gasteiger partial charge is 0.319 e. The SMILES string of the molecule is CC#CCOc1ccc(C2=NOC(CC(C)(SC)C(=O)O)C2)cc1. The van der Waals surface area contributed by atoms with Crippen LogP contribution in [0.25, 0.3) is 0 Å². The number of nitrogens with zero attached hydrogens (tertiary/aromatic N) is 1. The van der Waals surface area contributed by atoms with Crippen LogP contribution in [0.2, 0.25) is 0 Å². The third-order valence-corrected chi connectivity index (χ3v) is 5.17. The van der Waals surface area contributed by atoms with Gasteiger partial charge in [-0.15, -0.1) is 17.7 Å². The monoisotopic (exact) mass is 347 g/mol. The van der Waals surface area contributed by atoms with Crippen LogP contribution in [0, 0.1) is 11.8 Å². The van der Waals surface area contributed by atoms with E-state index in [2.05, 4.69) is 17.0 Å². The molecule has 1 heterocycles. The third-order valence-electron chi connectivity index (χ3n) is 3.93. The van der Waals surface area contributed by atoms with Crippen molar-refractivity contribution in [1.29, 1.82) is 0 Å². The Morgan fingerprint density at radius 2 is 2.21 bits per heavy atom. The first-order valence-corrected chi connectivity index (χ1v) is 8.85. The zero-order valence-electron chi connectivity index (χ0n) is 14.0. The van der Waals surface area contributed by atoms with Gasteiger partial charge in [0.15, 0.2) is 0 Å². The van der Waals surface area contributed by atoms with E-state index in [-0.39, 0.29) is 6.10 Å². The van der Waals surface area contributed by atoms with E-state index in [0.717, 1.165) is 17.0 Å². The Kier molecular flexibility index (Phi) is 6.16. The predicted octanol–water partition coefficient (Wildman–Crippen LogP) is 3.18. The van der Waals surface area contributed by atoms with Gasteiger partial charge in [-0.25, -0.2) is 0 Å². The highest BCUT2D eigenvalue weighted by molar-refractivity contribution is 8.00. The average molecular weight is 347 g/mol. The van der Waals surface area contributed by atoms with E-state index < -0.39 is 10.7 Å². The lowest BCUT2D eigenvalue weighted by Gasteiger charge is -2.24. The van der Waals surface area contributed by atoms with E-state index in [1.807, 2.05) is 24.3 Å². The fraction of sp³-hybridized carbons (Fsp3) is 0.444. The van der Waals surface area contributed by atoms with Crippen LogP contribution in [0.5, 0.6) is 5.75 Å². The second-order valence-electron chi connectivity index (χ2n) is 5.65. The van der Waals surface area contributed by atoms with E-state index in [1.54, 1.807) is 20.1 Å². The number of carboxylic acid groups (broad SMARTS) is 1. The summed E-state index contributed by atoms with van der Waals surface area (Å²) in [6, 6.07) is 7.58. The summed E-state index contributed by atoms with van der Waals surface area (Å²) >= 11 is 1.32. The summed E-state index contributed by atoms with van der Waals surface area (Å²) in [5, 5.41) is 13.5. The van der Waals surface area contributed by atoms with Gasteiger partial charge >= 0.3 is 5.97 Å². The Balaban J connectivity index is 1.95. The highest BCUT2D eigenvalue weighted by Gasteiger charge is 2.38. The van der Waals surface area contributed by atoms with Gasteiger partial charge in [0.1, 0.15) is 23.2 Å². The quantitative estimate of drug-likeness (QED) is 0.767. The maximum Gasteiger partial charge on any atom is 0.319 e. The third kappa shape index (κ3) is 4.45. The highest BCUT2D eigenvalue weighted by atomic mass is 32.2. The Bertz CT molecular complexity index is 674. The molecule has 2 atom stereocenters. The summed E-state index contributed by atoms with van der Waals surface area (Å²) in [5.74, 6) is 5.54. The van der Waals surface area contributed by atoms with Crippen LogP contribution in [-0.4, -0.2) is 40.5 Å². The van der Waals surface area contributed by atoms with Crippen molar-refractivity contribution in [2.45, 2.75) is 37.5 Å². The molecular weight excluding hydrogens is 326 g/mol. The largest absolute Gasteiger partial charge is 0.481 e. The van der Waals surface area contributed by atoms with Gasteiger partial charge in [0.05, 0.1) is 5.71 Å². The summed E-state index contributed by atoms with van der Waals surface area (Å²) in [4.78, 5) is 16.8. The molecule has 0 spiro atoms. The van der Waals surface area contributed by atoms with E-state index in [1.165, 1.54) is 11.8 Å². The fourth-order valence-electron chi connectivity index (χ4n) is 2.34. The van der Waals surface area contributed by atoms with Gasteiger partial charge in [0.2, 0.25) is 0 Å². The second-order valence-corrected chi connectivity index (χ2v) is 6.96. The second kappa shape index (κ2) is 8.11. The molecule has 24 heavy (non-hydrogen) atoms. The normalized spacial score (nSPS) is 18.6. The summed E-state index contributed by atoms with van der Waals surface area (Å²) in [6.07, 6.45) is 2.59. The number of hydrogen-bond acceptors (Lipinski definition) is 5. The molecule has 0 fully saturated rings. The lowest BCUT2D eigenvalue weighted by atomic mass is 9.97. The Morgan fingerprint density at radius 3 is 2.79 bits per heavy atom. The molecule has 1 aliphatic rings. The van der Waals surface area contributed by atoms with Crippen molar-refractivity contribution in [3.63, 3.8) is 0 Å². The Morgan fingerprint density at radius 1 is 1.50 bits per heavy atom. The van der Waals surface area contributed by atoms with Crippen molar-refractivity contribution in [3.05, 3.63) is 29.8 Å². The minimum absolute atomic E-state index is 0.218.